The van der Waals surface area contributed by atoms with Crippen LogP contribution in [0.25, 0.3) is 10.8 Å². The zero-order valence-corrected chi connectivity index (χ0v) is 14.7. The van der Waals surface area contributed by atoms with E-state index in [2.05, 4.69) is 29.2 Å². The quantitative estimate of drug-likeness (QED) is 0.861. The molecule has 3 rings (SSSR count). The van der Waals surface area contributed by atoms with E-state index in [1.165, 1.54) is 4.68 Å². The molecule has 1 N–H and O–H groups in total. The third-order valence-corrected chi connectivity index (χ3v) is 4.64. The van der Waals surface area contributed by atoms with Crippen LogP contribution in [-0.4, -0.2) is 59.0 Å². The summed E-state index contributed by atoms with van der Waals surface area (Å²) < 4.78 is 6.58. The second kappa shape index (κ2) is 7.33. The van der Waals surface area contributed by atoms with Gasteiger partial charge in [-0.1, -0.05) is 18.2 Å². The van der Waals surface area contributed by atoms with Crippen LogP contribution in [0, 0.1) is 0 Å². The minimum Gasteiger partial charge on any atom is -0.379 e. The van der Waals surface area contributed by atoms with E-state index in [-0.39, 0.29) is 23.6 Å². The Morgan fingerprint density at radius 2 is 2.00 bits per heavy atom. The topological polar surface area (TPSA) is 76.5 Å². The first kappa shape index (κ1) is 17.6. The number of hydrogen-bond acceptors (Lipinski definition) is 5. The van der Waals surface area contributed by atoms with Crippen molar-refractivity contribution in [1.29, 1.82) is 0 Å². The molecule has 1 saturated heterocycles. The number of ether oxygens (including phenoxy) is 1. The van der Waals surface area contributed by atoms with Crippen molar-refractivity contribution in [1.82, 2.24) is 20.0 Å². The molecule has 0 radical (unpaired) electrons. The Balaban J connectivity index is 1.63. The lowest BCUT2D eigenvalue weighted by Gasteiger charge is -2.40. The van der Waals surface area contributed by atoms with Gasteiger partial charge in [-0.2, -0.15) is 5.10 Å². The Morgan fingerprint density at radius 3 is 2.76 bits per heavy atom. The van der Waals surface area contributed by atoms with E-state index in [1.807, 2.05) is 12.1 Å². The second-order valence-electron chi connectivity index (χ2n) is 6.88. The summed E-state index contributed by atoms with van der Waals surface area (Å²) in [6.07, 6.45) is 1.61. The van der Waals surface area contributed by atoms with E-state index < -0.39 is 0 Å². The van der Waals surface area contributed by atoms with E-state index >= 15 is 0 Å². The predicted molar refractivity (Wildman–Crippen MR) is 95.5 cm³/mol. The highest BCUT2D eigenvalue weighted by molar-refractivity contribution is 5.81. The number of carbonyl (C=O) groups is 1. The molecule has 0 spiro atoms. The highest BCUT2D eigenvalue weighted by atomic mass is 16.5. The Labute approximate surface area is 146 Å². The van der Waals surface area contributed by atoms with Gasteiger partial charge < -0.3 is 10.1 Å². The molecule has 0 atom stereocenters. The Kier molecular flexibility index (Phi) is 5.15. The second-order valence-corrected chi connectivity index (χ2v) is 6.88. The Hall–Kier alpha value is -2.25. The van der Waals surface area contributed by atoms with E-state index in [0.717, 1.165) is 18.5 Å². The van der Waals surface area contributed by atoms with Crippen LogP contribution >= 0.6 is 0 Å². The molecule has 0 saturated carbocycles. The van der Waals surface area contributed by atoms with Crippen LogP contribution in [0.1, 0.15) is 13.8 Å². The third kappa shape index (κ3) is 4.05. The third-order valence-electron chi connectivity index (χ3n) is 4.64. The van der Waals surface area contributed by atoms with Crippen LogP contribution < -0.4 is 10.9 Å². The van der Waals surface area contributed by atoms with Gasteiger partial charge in [-0.15, -0.1) is 0 Å². The first-order chi connectivity index (χ1) is 12.0. The fraction of sp³-hybridized carbons (Fsp3) is 0.500. The monoisotopic (exact) mass is 344 g/mol. The number of nitrogens with zero attached hydrogens (tertiary/aromatic N) is 3. The van der Waals surface area contributed by atoms with Crippen molar-refractivity contribution >= 4 is 16.7 Å². The lowest BCUT2D eigenvalue weighted by Crippen LogP contribution is -2.55. The fourth-order valence-electron chi connectivity index (χ4n) is 3.03. The van der Waals surface area contributed by atoms with Gasteiger partial charge >= 0.3 is 0 Å². The molecule has 1 amide bonds. The number of morpholine rings is 1. The van der Waals surface area contributed by atoms with Gasteiger partial charge in [0.25, 0.3) is 5.56 Å². The standard InChI is InChI=1S/C18H24N4O3/c1-18(2,21-7-9-25-10-8-21)13-19-16(23)12-22-17(24)15-6-4-3-5-14(15)11-20-22/h3-6,11H,7-10,12-13H2,1-2H3,(H,19,23). The molecule has 2 heterocycles. The van der Waals surface area contributed by atoms with Crippen LogP contribution in [0.2, 0.25) is 0 Å². The summed E-state index contributed by atoms with van der Waals surface area (Å²) >= 11 is 0. The van der Waals surface area contributed by atoms with Gasteiger partial charge in [0, 0.05) is 30.6 Å². The molecule has 7 nitrogen and oxygen atoms in total. The Morgan fingerprint density at radius 1 is 1.28 bits per heavy atom. The van der Waals surface area contributed by atoms with Gasteiger partial charge in [-0.3, -0.25) is 14.5 Å². The van der Waals surface area contributed by atoms with Crippen LogP contribution in [-0.2, 0) is 16.1 Å². The first-order valence-corrected chi connectivity index (χ1v) is 8.52. The van der Waals surface area contributed by atoms with Gasteiger partial charge in [0.15, 0.2) is 0 Å². The summed E-state index contributed by atoms with van der Waals surface area (Å²) in [6, 6.07) is 7.24. The van der Waals surface area contributed by atoms with Crippen LogP contribution in [0.3, 0.4) is 0 Å². The van der Waals surface area contributed by atoms with E-state index in [0.29, 0.717) is 25.1 Å². The summed E-state index contributed by atoms with van der Waals surface area (Å²) in [5.74, 6) is -0.216. The number of fused-ring (bicyclic) bond motifs is 1. The summed E-state index contributed by atoms with van der Waals surface area (Å²) in [4.78, 5) is 27.0. The summed E-state index contributed by atoms with van der Waals surface area (Å²) in [6.45, 7) is 7.76. The molecule has 0 unspecified atom stereocenters. The lowest BCUT2D eigenvalue weighted by atomic mass is 10.0. The van der Waals surface area contributed by atoms with Gasteiger partial charge in [0.1, 0.15) is 6.54 Å². The van der Waals surface area contributed by atoms with Crippen LogP contribution in [0.5, 0.6) is 0 Å². The van der Waals surface area contributed by atoms with E-state index in [9.17, 15) is 9.59 Å². The molecule has 0 bridgehead atoms. The number of amides is 1. The van der Waals surface area contributed by atoms with Gasteiger partial charge in [0.2, 0.25) is 5.91 Å². The van der Waals surface area contributed by atoms with E-state index in [1.54, 1.807) is 18.3 Å². The summed E-state index contributed by atoms with van der Waals surface area (Å²) in [5, 5.41) is 8.36. The maximum atomic E-state index is 12.4. The molecule has 2 aromatic rings. The number of aromatic nitrogens is 2. The molecule has 1 aliphatic rings. The maximum Gasteiger partial charge on any atom is 0.275 e. The minimum absolute atomic E-state index is 0.0805. The number of benzene rings is 1. The van der Waals surface area contributed by atoms with Crippen molar-refractivity contribution in [2.75, 3.05) is 32.8 Å². The number of carbonyl (C=O) groups excluding carboxylic acids is 1. The molecule has 7 heteroatoms. The molecule has 25 heavy (non-hydrogen) atoms. The number of rotatable bonds is 5. The number of nitrogens with one attached hydrogen (secondary N) is 1. The molecule has 1 fully saturated rings. The minimum atomic E-state index is -0.249. The molecule has 1 aromatic carbocycles. The molecular weight excluding hydrogens is 320 g/mol. The maximum absolute atomic E-state index is 12.4. The van der Waals surface area contributed by atoms with E-state index in [4.69, 9.17) is 4.74 Å². The summed E-state index contributed by atoms with van der Waals surface area (Å²) in [5.41, 5.74) is -0.415. The zero-order chi connectivity index (χ0) is 17.9. The molecule has 0 aliphatic carbocycles. The average Bonchev–Trinajstić information content (AvgIpc) is 2.63. The normalized spacial score (nSPS) is 16.1. The molecule has 134 valence electrons. The largest absolute Gasteiger partial charge is 0.379 e. The number of hydrogen-bond donors (Lipinski definition) is 1. The molecule has 1 aliphatic heterocycles. The van der Waals surface area contributed by atoms with Gasteiger partial charge in [-0.05, 0) is 19.9 Å². The lowest BCUT2D eigenvalue weighted by molar-refractivity contribution is -0.122. The van der Waals surface area contributed by atoms with Gasteiger partial charge in [0.05, 0.1) is 24.8 Å². The van der Waals surface area contributed by atoms with Crippen molar-refractivity contribution in [2.45, 2.75) is 25.9 Å². The zero-order valence-electron chi connectivity index (χ0n) is 14.7. The smallest absolute Gasteiger partial charge is 0.275 e. The molecular formula is C18H24N4O3. The van der Waals surface area contributed by atoms with Crippen LogP contribution in [0.4, 0.5) is 0 Å². The predicted octanol–water partition coefficient (Wildman–Crippen LogP) is 0.623. The van der Waals surface area contributed by atoms with Crippen LogP contribution in [0.15, 0.2) is 35.3 Å². The van der Waals surface area contributed by atoms with Crippen molar-refractivity contribution < 1.29 is 9.53 Å². The van der Waals surface area contributed by atoms with Crippen molar-refractivity contribution in [3.63, 3.8) is 0 Å². The summed E-state index contributed by atoms with van der Waals surface area (Å²) in [7, 11) is 0. The average molecular weight is 344 g/mol. The molecule has 1 aromatic heterocycles. The first-order valence-electron chi connectivity index (χ1n) is 8.52. The SMILES string of the molecule is CC(C)(CNC(=O)Cn1ncc2ccccc2c1=O)N1CCOCC1. The Bertz CT molecular complexity index is 809. The highest BCUT2D eigenvalue weighted by Gasteiger charge is 2.28. The highest BCUT2D eigenvalue weighted by Crippen LogP contribution is 2.15. The van der Waals surface area contributed by atoms with Crippen molar-refractivity contribution in [3.8, 4) is 0 Å². The van der Waals surface area contributed by atoms with Crippen molar-refractivity contribution in [3.05, 3.63) is 40.8 Å². The van der Waals surface area contributed by atoms with Gasteiger partial charge in [-0.25, -0.2) is 4.68 Å². The fourth-order valence-corrected chi connectivity index (χ4v) is 3.03. The van der Waals surface area contributed by atoms with Crippen molar-refractivity contribution in [2.24, 2.45) is 0 Å².